The minimum atomic E-state index is 0.545. The van der Waals surface area contributed by atoms with Gasteiger partial charge >= 0.3 is 0 Å². The van der Waals surface area contributed by atoms with E-state index >= 15 is 0 Å². The van der Waals surface area contributed by atoms with Crippen molar-refractivity contribution in [1.82, 2.24) is 0 Å². The first-order chi connectivity index (χ1) is 8.26. The van der Waals surface area contributed by atoms with Crippen molar-refractivity contribution in [2.24, 2.45) is 5.16 Å². The van der Waals surface area contributed by atoms with Gasteiger partial charge in [-0.15, -0.1) is 6.58 Å². The van der Waals surface area contributed by atoms with Gasteiger partial charge < -0.3 is 14.7 Å². The maximum Gasteiger partial charge on any atom is 0.164 e. The molecule has 0 heterocycles. The second-order valence-electron chi connectivity index (χ2n) is 3.38. The molecule has 1 rings (SSSR count). The molecule has 17 heavy (non-hydrogen) atoms. The van der Waals surface area contributed by atoms with Crippen molar-refractivity contribution < 1.29 is 14.7 Å². The van der Waals surface area contributed by atoms with E-state index in [1.165, 1.54) is 6.21 Å². The second-order valence-corrected chi connectivity index (χ2v) is 3.38. The van der Waals surface area contributed by atoms with Gasteiger partial charge in [-0.05, 0) is 25.5 Å². The Bertz CT molecular complexity index is 413. The molecule has 0 bridgehead atoms. The van der Waals surface area contributed by atoms with Gasteiger partial charge in [0, 0.05) is 11.1 Å². The van der Waals surface area contributed by atoms with E-state index in [0.717, 1.165) is 11.1 Å². The summed E-state index contributed by atoms with van der Waals surface area (Å²) in [6, 6.07) is 3.65. The smallest absolute Gasteiger partial charge is 0.164 e. The number of ether oxygens (including phenoxy) is 2. The number of nitrogens with zero attached hydrogens (tertiary/aromatic N) is 1. The first-order valence-electron chi connectivity index (χ1n) is 5.38. The third-order valence-corrected chi connectivity index (χ3v) is 2.23. The van der Waals surface area contributed by atoms with Gasteiger partial charge in [0.25, 0.3) is 0 Å². The predicted octanol–water partition coefficient (Wildman–Crippen LogP) is 2.63. The van der Waals surface area contributed by atoms with Crippen molar-refractivity contribution in [2.45, 2.75) is 13.3 Å². The van der Waals surface area contributed by atoms with E-state index in [1.54, 1.807) is 19.3 Å². The van der Waals surface area contributed by atoms with Gasteiger partial charge in [0.15, 0.2) is 11.5 Å². The Morgan fingerprint density at radius 1 is 1.47 bits per heavy atom. The summed E-state index contributed by atoms with van der Waals surface area (Å²) in [6.07, 6.45) is 3.80. The molecule has 0 saturated carbocycles. The van der Waals surface area contributed by atoms with Crippen LogP contribution in [0.15, 0.2) is 29.9 Å². The molecule has 0 unspecified atom stereocenters. The molecule has 0 aromatic heterocycles. The Labute approximate surface area is 101 Å². The van der Waals surface area contributed by atoms with Crippen LogP contribution in [0, 0.1) is 0 Å². The number of hydrogen-bond acceptors (Lipinski definition) is 4. The maximum atomic E-state index is 8.56. The summed E-state index contributed by atoms with van der Waals surface area (Å²) in [7, 11) is 1.60. The Morgan fingerprint density at radius 3 is 2.76 bits per heavy atom. The van der Waals surface area contributed by atoms with Crippen LogP contribution in [-0.4, -0.2) is 25.1 Å². The number of hydrogen-bond donors (Lipinski definition) is 1. The van der Waals surface area contributed by atoms with Crippen LogP contribution in [-0.2, 0) is 6.42 Å². The first-order valence-corrected chi connectivity index (χ1v) is 5.38. The van der Waals surface area contributed by atoms with E-state index in [-0.39, 0.29) is 0 Å². The van der Waals surface area contributed by atoms with Gasteiger partial charge in [0.1, 0.15) is 0 Å². The van der Waals surface area contributed by atoms with Gasteiger partial charge in [0.05, 0.1) is 19.9 Å². The molecule has 0 aliphatic heterocycles. The van der Waals surface area contributed by atoms with Gasteiger partial charge in [-0.25, -0.2) is 0 Å². The Balaban J connectivity index is 3.28. The number of allylic oxidation sites excluding steroid dienone is 1. The zero-order valence-corrected chi connectivity index (χ0v) is 10.1. The minimum Gasteiger partial charge on any atom is -0.493 e. The molecule has 1 N–H and O–H groups in total. The molecule has 92 valence electrons. The van der Waals surface area contributed by atoms with Crippen LogP contribution in [0.5, 0.6) is 11.5 Å². The summed E-state index contributed by atoms with van der Waals surface area (Å²) in [5.74, 6) is 1.34. The van der Waals surface area contributed by atoms with E-state index in [2.05, 4.69) is 11.7 Å². The second kappa shape index (κ2) is 6.58. The topological polar surface area (TPSA) is 51.1 Å². The Hall–Kier alpha value is -1.97. The van der Waals surface area contributed by atoms with E-state index < -0.39 is 0 Å². The quantitative estimate of drug-likeness (QED) is 0.357. The first kappa shape index (κ1) is 13.1. The summed E-state index contributed by atoms with van der Waals surface area (Å²) in [5, 5.41) is 11.6. The number of rotatable bonds is 6. The van der Waals surface area contributed by atoms with Crippen molar-refractivity contribution in [1.29, 1.82) is 0 Å². The zero-order valence-electron chi connectivity index (χ0n) is 10.1. The molecule has 0 aliphatic carbocycles. The summed E-state index contributed by atoms with van der Waals surface area (Å²) in [6.45, 7) is 6.15. The molecule has 0 saturated heterocycles. The monoisotopic (exact) mass is 235 g/mol. The van der Waals surface area contributed by atoms with Crippen LogP contribution in [0.2, 0.25) is 0 Å². The predicted molar refractivity (Wildman–Crippen MR) is 67.4 cm³/mol. The average molecular weight is 235 g/mol. The zero-order chi connectivity index (χ0) is 12.7. The van der Waals surface area contributed by atoms with Crippen molar-refractivity contribution in [3.8, 4) is 11.5 Å². The van der Waals surface area contributed by atoms with Gasteiger partial charge in [0.2, 0.25) is 0 Å². The summed E-state index contributed by atoms with van der Waals surface area (Å²) in [5.41, 5.74) is 1.71. The highest BCUT2D eigenvalue weighted by molar-refractivity contribution is 5.81. The summed E-state index contributed by atoms with van der Waals surface area (Å²) >= 11 is 0. The summed E-state index contributed by atoms with van der Waals surface area (Å²) in [4.78, 5) is 0. The van der Waals surface area contributed by atoms with Crippen LogP contribution >= 0.6 is 0 Å². The Kier molecular flexibility index (Phi) is 5.07. The molecule has 0 aliphatic rings. The lowest BCUT2D eigenvalue weighted by molar-refractivity contribution is 0.309. The van der Waals surface area contributed by atoms with Crippen molar-refractivity contribution in [3.63, 3.8) is 0 Å². The number of benzene rings is 1. The highest BCUT2D eigenvalue weighted by Crippen LogP contribution is 2.33. The molecule has 0 fully saturated rings. The molecule has 4 nitrogen and oxygen atoms in total. The SMILES string of the molecule is C=CCc1cc(/C=N\O)cc(OCC)c1OC. The van der Waals surface area contributed by atoms with Crippen molar-refractivity contribution in [2.75, 3.05) is 13.7 Å². The van der Waals surface area contributed by atoms with Gasteiger partial charge in [-0.3, -0.25) is 0 Å². The lowest BCUT2D eigenvalue weighted by Crippen LogP contribution is -2.00. The van der Waals surface area contributed by atoms with Crippen LogP contribution in [0.4, 0.5) is 0 Å². The van der Waals surface area contributed by atoms with E-state index in [9.17, 15) is 0 Å². The molecular weight excluding hydrogens is 218 g/mol. The standard InChI is InChI=1S/C13H17NO3/c1-4-6-11-7-10(9-14-15)8-12(17-5-2)13(11)16-3/h4,7-9,15H,1,5-6H2,2-3H3/b14-9-. The highest BCUT2D eigenvalue weighted by Gasteiger charge is 2.11. The van der Waals surface area contributed by atoms with E-state index in [4.69, 9.17) is 14.7 Å². The average Bonchev–Trinajstić information content (AvgIpc) is 2.30. The van der Waals surface area contributed by atoms with E-state index in [1.807, 2.05) is 13.0 Å². The third-order valence-electron chi connectivity index (χ3n) is 2.23. The van der Waals surface area contributed by atoms with Crippen molar-refractivity contribution >= 4 is 6.21 Å². The lowest BCUT2D eigenvalue weighted by Gasteiger charge is -2.14. The normalized spacial score (nSPS) is 10.5. The molecule has 0 spiro atoms. The largest absolute Gasteiger partial charge is 0.493 e. The minimum absolute atomic E-state index is 0.545. The fraction of sp³-hybridized carbons (Fsp3) is 0.308. The fourth-order valence-corrected chi connectivity index (χ4v) is 1.63. The molecule has 0 radical (unpaired) electrons. The molecular formula is C13H17NO3. The van der Waals surface area contributed by atoms with Crippen LogP contribution in [0.25, 0.3) is 0 Å². The molecule has 4 heteroatoms. The number of oxime groups is 1. The van der Waals surface area contributed by atoms with Crippen molar-refractivity contribution in [3.05, 3.63) is 35.9 Å². The molecule has 0 amide bonds. The fourth-order valence-electron chi connectivity index (χ4n) is 1.63. The summed E-state index contributed by atoms with van der Waals surface area (Å²) < 4.78 is 10.8. The van der Waals surface area contributed by atoms with Crippen LogP contribution in [0.3, 0.4) is 0 Å². The third kappa shape index (κ3) is 3.24. The van der Waals surface area contributed by atoms with Gasteiger partial charge in [-0.1, -0.05) is 11.2 Å². The molecule has 1 aromatic carbocycles. The Morgan fingerprint density at radius 2 is 2.24 bits per heavy atom. The molecule has 0 atom stereocenters. The van der Waals surface area contributed by atoms with E-state index in [0.29, 0.717) is 24.5 Å². The van der Waals surface area contributed by atoms with Crippen LogP contribution in [0.1, 0.15) is 18.1 Å². The highest BCUT2D eigenvalue weighted by atomic mass is 16.5. The maximum absolute atomic E-state index is 8.56. The molecule has 1 aromatic rings. The van der Waals surface area contributed by atoms with Crippen LogP contribution < -0.4 is 9.47 Å². The lowest BCUT2D eigenvalue weighted by atomic mass is 10.1. The number of methoxy groups -OCH3 is 1. The van der Waals surface area contributed by atoms with Gasteiger partial charge in [-0.2, -0.15) is 0 Å².